The molecule has 6 aromatic rings. The molecular formula is C33H22BrCl3N4O5. The lowest BCUT2D eigenvalue weighted by Gasteiger charge is -2.16. The Hall–Kier alpha value is -4.35. The van der Waals surface area contributed by atoms with Crippen LogP contribution in [0.2, 0.25) is 15.1 Å². The third-order valence-corrected chi connectivity index (χ3v) is 8.63. The second-order valence-electron chi connectivity index (χ2n) is 9.80. The molecule has 0 aliphatic carbocycles. The summed E-state index contributed by atoms with van der Waals surface area (Å²) >= 11 is 22.3. The zero-order valence-electron chi connectivity index (χ0n) is 23.9. The molecular weight excluding hydrogens is 719 g/mol. The lowest BCUT2D eigenvalue weighted by molar-refractivity contribution is -0.118. The summed E-state index contributed by atoms with van der Waals surface area (Å²) in [4.78, 5) is 31.0. The average molecular weight is 741 g/mol. The van der Waals surface area contributed by atoms with Crippen molar-refractivity contribution >= 4 is 90.4 Å². The Balaban J connectivity index is 1.36. The zero-order valence-corrected chi connectivity index (χ0v) is 27.7. The summed E-state index contributed by atoms with van der Waals surface area (Å²) in [6.07, 6.45) is 1.44. The van der Waals surface area contributed by atoms with Crippen LogP contribution in [0.3, 0.4) is 0 Å². The van der Waals surface area contributed by atoms with Crippen molar-refractivity contribution in [1.82, 2.24) is 9.66 Å². The van der Waals surface area contributed by atoms with Gasteiger partial charge in [-0.3, -0.25) is 9.59 Å². The normalized spacial score (nSPS) is 11.4. The number of para-hydroxylation sites is 1. The van der Waals surface area contributed by atoms with Crippen LogP contribution in [-0.2, 0) is 4.79 Å². The molecule has 1 amide bonds. The van der Waals surface area contributed by atoms with Crippen molar-refractivity contribution in [2.24, 2.45) is 5.10 Å². The van der Waals surface area contributed by atoms with Gasteiger partial charge in [0.1, 0.15) is 10.6 Å². The summed E-state index contributed by atoms with van der Waals surface area (Å²) in [7, 11) is 0. The van der Waals surface area contributed by atoms with Gasteiger partial charge in [-0.2, -0.15) is 9.78 Å². The van der Waals surface area contributed by atoms with Gasteiger partial charge in [-0.05, 0) is 89.6 Å². The molecule has 0 fully saturated rings. The predicted octanol–water partition coefficient (Wildman–Crippen LogP) is 8.83. The first-order valence-electron chi connectivity index (χ1n) is 13.8. The number of anilines is 1. The van der Waals surface area contributed by atoms with Crippen LogP contribution in [0, 0.1) is 0 Å². The minimum absolute atomic E-state index is 0.144. The molecule has 0 bridgehead atoms. The second-order valence-corrected chi connectivity index (χ2v) is 11.8. The van der Waals surface area contributed by atoms with Crippen LogP contribution in [0.25, 0.3) is 33.5 Å². The summed E-state index contributed by atoms with van der Waals surface area (Å²) in [6, 6.07) is 22.2. The number of furan rings is 1. The summed E-state index contributed by atoms with van der Waals surface area (Å²) in [5, 5.41) is 9.61. The van der Waals surface area contributed by atoms with E-state index >= 15 is 0 Å². The molecule has 1 N–H and O–H groups in total. The number of carbonyl (C=O) groups excluding carboxylic acids is 1. The molecule has 0 unspecified atom stereocenters. The van der Waals surface area contributed by atoms with E-state index in [-0.39, 0.29) is 35.6 Å². The molecule has 4 aromatic carbocycles. The Kier molecular flexibility index (Phi) is 9.32. The van der Waals surface area contributed by atoms with Crippen LogP contribution in [0.15, 0.2) is 97.6 Å². The van der Waals surface area contributed by atoms with E-state index in [2.05, 4.69) is 26.3 Å². The summed E-state index contributed by atoms with van der Waals surface area (Å²) in [6.45, 7) is 1.75. The molecule has 0 saturated carbocycles. The molecule has 2 aromatic heterocycles. The molecule has 0 aliphatic heterocycles. The maximum atomic E-state index is 13.7. The van der Waals surface area contributed by atoms with Gasteiger partial charge in [-0.25, -0.2) is 4.98 Å². The third-order valence-electron chi connectivity index (χ3n) is 6.70. The molecule has 0 saturated heterocycles. The minimum Gasteiger partial charge on any atom is -0.490 e. The fourth-order valence-electron chi connectivity index (χ4n) is 4.60. The smallest absolute Gasteiger partial charge is 0.282 e. The van der Waals surface area contributed by atoms with Crippen molar-refractivity contribution in [2.75, 3.05) is 18.5 Å². The van der Waals surface area contributed by atoms with Gasteiger partial charge in [-0.15, -0.1) is 0 Å². The quantitative estimate of drug-likeness (QED) is 0.149. The number of nitrogens with zero attached hydrogens (tertiary/aromatic N) is 3. The first-order valence-corrected chi connectivity index (χ1v) is 15.7. The van der Waals surface area contributed by atoms with E-state index < -0.39 is 11.5 Å². The van der Waals surface area contributed by atoms with Gasteiger partial charge in [0.2, 0.25) is 5.82 Å². The molecule has 2 heterocycles. The lowest BCUT2D eigenvalue weighted by atomic mass is 10.2. The number of rotatable bonds is 9. The first-order chi connectivity index (χ1) is 22.2. The van der Waals surface area contributed by atoms with Crippen LogP contribution in [0.5, 0.6) is 11.5 Å². The Labute approximate surface area is 285 Å². The SMILES string of the molecule is CCOc1cc(C=Nn2c(-c3cc4cc(Cl)ccc4o3)nc3ccccc3c2=O)c(Br)c(Cl)c1OCC(=O)Nc1ccc(Cl)cc1. The Morgan fingerprint density at radius 1 is 1.02 bits per heavy atom. The predicted molar refractivity (Wildman–Crippen MR) is 185 cm³/mol. The Morgan fingerprint density at radius 3 is 2.57 bits per heavy atom. The molecule has 232 valence electrons. The van der Waals surface area contributed by atoms with Gasteiger partial charge in [0.05, 0.1) is 23.7 Å². The van der Waals surface area contributed by atoms with Crippen molar-refractivity contribution in [3.05, 3.63) is 114 Å². The molecule has 0 atom stereocenters. The van der Waals surface area contributed by atoms with E-state index in [1.54, 1.807) is 85.8 Å². The largest absolute Gasteiger partial charge is 0.490 e. The summed E-state index contributed by atoms with van der Waals surface area (Å²) in [5.74, 6) is 0.530. The van der Waals surface area contributed by atoms with Crippen LogP contribution in [-0.4, -0.2) is 35.0 Å². The van der Waals surface area contributed by atoms with Gasteiger partial charge in [0.15, 0.2) is 23.9 Å². The van der Waals surface area contributed by atoms with Gasteiger partial charge in [-0.1, -0.05) is 46.9 Å². The highest BCUT2D eigenvalue weighted by Gasteiger charge is 2.20. The van der Waals surface area contributed by atoms with E-state index in [4.69, 9.17) is 53.7 Å². The van der Waals surface area contributed by atoms with Crippen LogP contribution < -0.4 is 20.3 Å². The van der Waals surface area contributed by atoms with E-state index in [1.807, 2.05) is 0 Å². The van der Waals surface area contributed by atoms with E-state index in [0.717, 1.165) is 10.1 Å². The molecule has 46 heavy (non-hydrogen) atoms. The van der Waals surface area contributed by atoms with E-state index in [1.165, 1.54) is 6.21 Å². The number of nitrogens with one attached hydrogen (secondary N) is 1. The number of halogens is 4. The van der Waals surface area contributed by atoms with Gasteiger partial charge >= 0.3 is 0 Å². The molecule has 6 rings (SSSR count). The number of hydrogen-bond donors (Lipinski definition) is 1. The topological polar surface area (TPSA) is 108 Å². The maximum Gasteiger partial charge on any atom is 0.282 e. The molecule has 9 nitrogen and oxygen atoms in total. The first kappa shape index (κ1) is 31.6. The molecule has 13 heteroatoms. The number of hydrogen-bond acceptors (Lipinski definition) is 7. The van der Waals surface area contributed by atoms with Crippen LogP contribution in [0.1, 0.15) is 12.5 Å². The Bertz CT molecular complexity index is 2200. The van der Waals surface area contributed by atoms with Crippen LogP contribution in [0.4, 0.5) is 5.69 Å². The number of carbonyl (C=O) groups is 1. The molecule has 0 spiro atoms. The van der Waals surface area contributed by atoms with Crippen molar-refractivity contribution < 1.29 is 18.7 Å². The third kappa shape index (κ3) is 6.61. The molecule has 0 radical (unpaired) electrons. The van der Waals surface area contributed by atoms with Crippen molar-refractivity contribution in [3.63, 3.8) is 0 Å². The van der Waals surface area contributed by atoms with Crippen molar-refractivity contribution in [3.8, 4) is 23.1 Å². The van der Waals surface area contributed by atoms with Gasteiger partial charge in [0, 0.05) is 31.2 Å². The fraction of sp³-hybridized carbons (Fsp3) is 0.0909. The lowest BCUT2D eigenvalue weighted by Crippen LogP contribution is -2.21. The highest BCUT2D eigenvalue weighted by Crippen LogP contribution is 2.42. The Morgan fingerprint density at radius 2 is 1.78 bits per heavy atom. The summed E-state index contributed by atoms with van der Waals surface area (Å²) in [5.41, 5.74) is 1.68. The molecule has 0 aliphatic rings. The average Bonchev–Trinajstić information content (AvgIpc) is 3.47. The standard InChI is InChI=1S/C33H22BrCl3N4O5/c1-2-44-26-15-19(29(34)30(37)31(26)45-17-28(42)39-22-10-7-20(35)8-11-22)16-38-41-32(40-24-6-4-3-5-23(24)33(41)43)27-14-18-13-21(36)9-12-25(18)46-27/h3-16H,2,17H2,1H3,(H,39,42). The van der Waals surface area contributed by atoms with Gasteiger partial charge in [0.25, 0.3) is 11.5 Å². The van der Waals surface area contributed by atoms with Crippen molar-refractivity contribution in [1.29, 1.82) is 0 Å². The number of aromatic nitrogens is 2. The minimum atomic E-state index is -0.411. The van der Waals surface area contributed by atoms with E-state index in [9.17, 15) is 9.59 Å². The highest BCUT2D eigenvalue weighted by atomic mass is 79.9. The number of amides is 1. The maximum absolute atomic E-state index is 13.7. The number of benzene rings is 4. The number of ether oxygens (including phenoxy) is 2. The van der Waals surface area contributed by atoms with Crippen molar-refractivity contribution in [2.45, 2.75) is 6.92 Å². The second kappa shape index (κ2) is 13.6. The fourth-order valence-corrected chi connectivity index (χ4v) is 5.56. The monoisotopic (exact) mass is 738 g/mol. The zero-order chi connectivity index (χ0) is 32.4. The van der Waals surface area contributed by atoms with E-state index in [0.29, 0.717) is 48.0 Å². The number of fused-ring (bicyclic) bond motifs is 2. The van der Waals surface area contributed by atoms with Crippen LogP contribution >= 0.6 is 50.7 Å². The highest BCUT2D eigenvalue weighted by molar-refractivity contribution is 9.10. The van der Waals surface area contributed by atoms with Gasteiger partial charge < -0.3 is 19.2 Å². The summed E-state index contributed by atoms with van der Waals surface area (Å²) < 4.78 is 19.2.